The van der Waals surface area contributed by atoms with Gasteiger partial charge in [-0.1, -0.05) is 12.1 Å². The summed E-state index contributed by atoms with van der Waals surface area (Å²) in [5.41, 5.74) is -0.655. The molecule has 0 bridgehead atoms. The van der Waals surface area contributed by atoms with Crippen LogP contribution in [0.4, 0.5) is 23.2 Å². The molecule has 0 saturated carbocycles. The first-order valence-electron chi connectivity index (χ1n) is 11.0. The van der Waals surface area contributed by atoms with E-state index >= 15 is 0 Å². The molecule has 0 aromatic heterocycles. The highest BCUT2D eigenvalue weighted by molar-refractivity contribution is 5.79. The molecule has 0 aliphatic carbocycles. The fourth-order valence-corrected chi connectivity index (χ4v) is 5.22. The number of hydrogen-bond acceptors (Lipinski definition) is 4. The van der Waals surface area contributed by atoms with Crippen LogP contribution in [0.2, 0.25) is 0 Å². The number of nitrogens with zero attached hydrogens (tertiary/aromatic N) is 3. The van der Waals surface area contributed by atoms with Gasteiger partial charge in [0.15, 0.2) is 0 Å². The van der Waals surface area contributed by atoms with Crippen molar-refractivity contribution in [1.82, 2.24) is 4.90 Å². The van der Waals surface area contributed by atoms with Crippen LogP contribution in [-0.4, -0.2) is 50.7 Å². The van der Waals surface area contributed by atoms with Crippen molar-refractivity contribution in [3.8, 4) is 6.07 Å². The topological polar surface area (TPSA) is 56.6 Å². The molecule has 4 rings (SSSR count). The third kappa shape index (κ3) is 4.73. The van der Waals surface area contributed by atoms with Gasteiger partial charge in [-0.25, -0.2) is 4.39 Å². The van der Waals surface area contributed by atoms with E-state index in [2.05, 4.69) is 0 Å². The van der Waals surface area contributed by atoms with Crippen LogP contribution >= 0.6 is 0 Å². The van der Waals surface area contributed by atoms with Gasteiger partial charge >= 0.3 is 6.18 Å². The Labute approximate surface area is 195 Å². The van der Waals surface area contributed by atoms with Crippen LogP contribution in [0.15, 0.2) is 42.5 Å². The number of piperidine rings is 1. The summed E-state index contributed by atoms with van der Waals surface area (Å²) < 4.78 is 59.4. The van der Waals surface area contributed by atoms with Gasteiger partial charge in [-0.05, 0) is 42.3 Å². The lowest BCUT2D eigenvalue weighted by atomic mass is 9.73. The molecule has 2 aromatic carbocycles. The number of halogens is 4. The number of alkyl halides is 3. The Morgan fingerprint density at radius 1 is 1.24 bits per heavy atom. The summed E-state index contributed by atoms with van der Waals surface area (Å²) in [6.45, 7) is 2.36. The van der Waals surface area contributed by atoms with Crippen LogP contribution in [0.25, 0.3) is 0 Å². The first kappa shape index (κ1) is 24.0. The molecular weight excluding hydrogens is 450 g/mol. The van der Waals surface area contributed by atoms with E-state index in [4.69, 9.17) is 10.00 Å². The van der Waals surface area contributed by atoms with Crippen LogP contribution in [0.1, 0.15) is 23.1 Å². The summed E-state index contributed by atoms with van der Waals surface area (Å²) in [6.07, 6.45) is -3.88. The average Bonchev–Trinajstić information content (AvgIpc) is 3.17. The Hall–Kier alpha value is -3.12. The highest BCUT2D eigenvalue weighted by atomic mass is 19.4. The van der Waals surface area contributed by atoms with Gasteiger partial charge in [-0.3, -0.25) is 4.79 Å². The van der Waals surface area contributed by atoms with Crippen molar-refractivity contribution in [2.24, 2.45) is 11.3 Å². The smallest absolute Gasteiger partial charge is 0.384 e. The highest BCUT2D eigenvalue weighted by Crippen LogP contribution is 2.45. The first-order chi connectivity index (χ1) is 16.1. The number of fused-ring (bicyclic) bond motifs is 1. The maximum atomic E-state index is 13.5. The lowest BCUT2D eigenvalue weighted by Gasteiger charge is -2.43. The molecular formula is C25H25F4N3O2. The molecule has 180 valence electrons. The maximum absolute atomic E-state index is 13.5. The van der Waals surface area contributed by atoms with Gasteiger partial charge < -0.3 is 14.5 Å². The standard InChI is InChI=1S/C25H25F4N3O2/c1-34-16-24-7-8-31(23(33)10-17-3-2-4-20(26)9-17)13-19(24)14-32(15-24)21-6-5-18(12-30)22(11-21)25(27,28)29/h2-6,9,11,19H,7-8,10,13-16H2,1H3/t19-,24+/m1/s1. The van der Waals surface area contributed by atoms with Crippen molar-refractivity contribution < 1.29 is 27.1 Å². The molecule has 2 atom stereocenters. The molecule has 0 radical (unpaired) electrons. The minimum absolute atomic E-state index is 0.00244. The second-order valence-electron chi connectivity index (χ2n) is 9.11. The monoisotopic (exact) mass is 475 g/mol. The van der Waals surface area contributed by atoms with Gasteiger partial charge in [0.2, 0.25) is 5.91 Å². The second kappa shape index (κ2) is 9.26. The fourth-order valence-electron chi connectivity index (χ4n) is 5.22. The van der Waals surface area contributed by atoms with E-state index in [0.29, 0.717) is 50.5 Å². The molecule has 2 aliphatic rings. The Bertz CT molecular complexity index is 1110. The van der Waals surface area contributed by atoms with Crippen molar-refractivity contribution in [3.63, 3.8) is 0 Å². The quantitative estimate of drug-likeness (QED) is 0.607. The number of carbonyl (C=O) groups excluding carboxylic acids is 1. The van der Waals surface area contributed by atoms with E-state index in [1.54, 1.807) is 36.3 Å². The van der Waals surface area contributed by atoms with Gasteiger partial charge in [-0.15, -0.1) is 0 Å². The van der Waals surface area contributed by atoms with Gasteiger partial charge in [0.25, 0.3) is 0 Å². The van der Waals surface area contributed by atoms with Crippen LogP contribution in [0.5, 0.6) is 0 Å². The predicted octanol–water partition coefficient (Wildman–Crippen LogP) is 4.26. The Morgan fingerprint density at radius 3 is 2.71 bits per heavy atom. The largest absolute Gasteiger partial charge is 0.417 e. The molecule has 9 heteroatoms. The average molecular weight is 475 g/mol. The van der Waals surface area contributed by atoms with Crippen LogP contribution < -0.4 is 4.90 Å². The van der Waals surface area contributed by atoms with Crippen molar-refractivity contribution in [2.75, 3.05) is 44.8 Å². The number of likely N-dealkylation sites (tertiary alicyclic amines) is 1. The zero-order valence-electron chi connectivity index (χ0n) is 18.7. The third-order valence-electron chi connectivity index (χ3n) is 6.96. The zero-order valence-corrected chi connectivity index (χ0v) is 18.7. The molecule has 2 aromatic rings. The summed E-state index contributed by atoms with van der Waals surface area (Å²) in [5, 5.41) is 9.08. The lowest BCUT2D eigenvalue weighted by Crippen LogP contribution is -2.51. The zero-order chi connectivity index (χ0) is 24.5. The molecule has 1 amide bonds. The van der Waals surface area contributed by atoms with Crippen molar-refractivity contribution in [2.45, 2.75) is 19.0 Å². The second-order valence-corrected chi connectivity index (χ2v) is 9.11. The normalized spacial score (nSPS) is 22.4. The van der Waals surface area contributed by atoms with E-state index in [1.807, 2.05) is 4.90 Å². The van der Waals surface area contributed by atoms with E-state index < -0.39 is 23.1 Å². The summed E-state index contributed by atoms with van der Waals surface area (Å²) in [7, 11) is 1.60. The van der Waals surface area contributed by atoms with Crippen LogP contribution in [0.3, 0.4) is 0 Å². The molecule has 2 saturated heterocycles. The number of anilines is 1. The van der Waals surface area contributed by atoms with Crippen molar-refractivity contribution in [3.05, 3.63) is 65.0 Å². The van der Waals surface area contributed by atoms with Crippen molar-refractivity contribution >= 4 is 11.6 Å². The minimum atomic E-state index is -4.63. The molecule has 34 heavy (non-hydrogen) atoms. The molecule has 0 unspecified atom stereocenters. The number of nitriles is 1. The summed E-state index contributed by atoms with van der Waals surface area (Å²) in [5.74, 6) is -0.495. The molecule has 0 spiro atoms. The maximum Gasteiger partial charge on any atom is 0.417 e. The Balaban J connectivity index is 1.54. The molecule has 2 fully saturated rings. The predicted molar refractivity (Wildman–Crippen MR) is 117 cm³/mol. The number of amides is 1. The van der Waals surface area contributed by atoms with Gasteiger partial charge in [0.05, 0.1) is 30.2 Å². The van der Waals surface area contributed by atoms with E-state index in [9.17, 15) is 22.4 Å². The van der Waals surface area contributed by atoms with Crippen LogP contribution in [-0.2, 0) is 22.1 Å². The number of hydrogen-bond donors (Lipinski definition) is 0. The Kier molecular flexibility index (Phi) is 6.54. The number of ether oxygens (including phenoxy) is 1. The molecule has 5 nitrogen and oxygen atoms in total. The van der Waals surface area contributed by atoms with Gasteiger partial charge in [0.1, 0.15) is 5.82 Å². The number of methoxy groups -OCH3 is 1. The third-order valence-corrected chi connectivity index (χ3v) is 6.96. The first-order valence-corrected chi connectivity index (χ1v) is 11.0. The van der Waals surface area contributed by atoms with E-state index in [0.717, 1.165) is 6.07 Å². The Morgan fingerprint density at radius 2 is 2.03 bits per heavy atom. The van der Waals surface area contributed by atoms with E-state index in [-0.39, 0.29) is 23.7 Å². The minimum Gasteiger partial charge on any atom is -0.384 e. The lowest BCUT2D eigenvalue weighted by molar-refractivity contribution is -0.138. The molecule has 0 N–H and O–H groups in total. The van der Waals surface area contributed by atoms with Gasteiger partial charge in [0, 0.05) is 50.3 Å². The summed E-state index contributed by atoms with van der Waals surface area (Å²) in [4.78, 5) is 16.6. The van der Waals surface area contributed by atoms with E-state index in [1.165, 1.54) is 18.2 Å². The number of rotatable bonds is 5. The van der Waals surface area contributed by atoms with Crippen LogP contribution in [0, 0.1) is 28.5 Å². The van der Waals surface area contributed by atoms with Gasteiger partial charge in [-0.2, -0.15) is 18.4 Å². The molecule has 2 heterocycles. The van der Waals surface area contributed by atoms with Crippen molar-refractivity contribution in [1.29, 1.82) is 5.26 Å². The summed E-state index contributed by atoms with van der Waals surface area (Å²) >= 11 is 0. The SMILES string of the molecule is COC[C@@]12CCN(C(=O)Cc3cccc(F)c3)C[C@@H]1CN(c1ccc(C#N)c(C(F)(F)F)c1)C2. The fraction of sp³-hybridized carbons (Fsp3) is 0.440. The summed E-state index contributed by atoms with van der Waals surface area (Å²) in [6, 6.07) is 11.3. The molecule has 2 aliphatic heterocycles. The number of carbonyl (C=O) groups is 1. The highest BCUT2D eigenvalue weighted by Gasteiger charge is 2.50. The number of benzene rings is 2.